The van der Waals surface area contributed by atoms with Crippen LogP contribution in [0.3, 0.4) is 0 Å². The number of rotatable bonds is 7. The number of benzene rings is 4. The Morgan fingerprint density at radius 1 is 0.868 bits per heavy atom. The average Bonchev–Trinajstić information content (AvgIpc) is 3.34. The maximum Gasteiger partial charge on any atom is 0.264 e. The Kier molecular flexibility index (Phi) is 7.31. The van der Waals surface area contributed by atoms with Gasteiger partial charge in [0.2, 0.25) is 0 Å². The summed E-state index contributed by atoms with van der Waals surface area (Å²) in [5.41, 5.74) is 5.41. The van der Waals surface area contributed by atoms with E-state index in [1.807, 2.05) is 73.5 Å². The van der Waals surface area contributed by atoms with Crippen molar-refractivity contribution in [2.75, 3.05) is 11.7 Å². The smallest absolute Gasteiger partial charge is 0.264 e. The van der Waals surface area contributed by atoms with Crippen molar-refractivity contribution in [1.82, 2.24) is 4.31 Å². The molecule has 4 aromatic carbocycles. The summed E-state index contributed by atoms with van der Waals surface area (Å²) in [5.74, 6) is -0.373. The third-order valence-electron chi connectivity index (χ3n) is 6.55. The van der Waals surface area contributed by atoms with Crippen LogP contribution in [-0.4, -0.2) is 19.3 Å². The summed E-state index contributed by atoms with van der Waals surface area (Å²) in [7, 11) is -3.92. The Labute approximate surface area is 223 Å². The van der Waals surface area contributed by atoms with Gasteiger partial charge in [0.25, 0.3) is 10.0 Å². The number of halogens is 1. The quantitative estimate of drug-likeness (QED) is 0.268. The summed E-state index contributed by atoms with van der Waals surface area (Å²) in [6.07, 6.45) is 1.67. The lowest BCUT2D eigenvalue weighted by Gasteiger charge is -2.27. The summed E-state index contributed by atoms with van der Waals surface area (Å²) in [6, 6.07) is 30.2. The molecule has 0 aromatic heterocycles. The zero-order valence-corrected chi connectivity index (χ0v) is 22.1. The van der Waals surface area contributed by atoms with Crippen LogP contribution in [0.1, 0.15) is 28.3 Å². The predicted molar refractivity (Wildman–Crippen MR) is 147 cm³/mol. The van der Waals surface area contributed by atoms with Crippen LogP contribution in [0.25, 0.3) is 0 Å². The molecule has 5 rings (SSSR count). The Morgan fingerprint density at radius 3 is 2.11 bits per heavy atom. The van der Waals surface area contributed by atoms with Crippen LogP contribution >= 0.6 is 0 Å². The highest BCUT2D eigenvalue weighted by Crippen LogP contribution is 2.39. The summed E-state index contributed by atoms with van der Waals surface area (Å²) in [4.78, 5) is 6.33. The third-order valence-corrected chi connectivity index (χ3v) is 8.27. The van der Waals surface area contributed by atoms with E-state index in [9.17, 15) is 12.8 Å². The molecule has 0 aliphatic carbocycles. The van der Waals surface area contributed by atoms with Crippen molar-refractivity contribution >= 4 is 15.7 Å². The lowest BCUT2D eigenvalue weighted by molar-refractivity contribution is 0.162. The largest absolute Gasteiger partial charge is 0.269 e. The van der Waals surface area contributed by atoms with E-state index in [2.05, 4.69) is 0 Å². The van der Waals surface area contributed by atoms with Crippen LogP contribution < -0.4 is 5.06 Å². The van der Waals surface area contributed by atoms with Gasteiger partial charge in [0, 0.05) is 11.8 Å². The lowest BCUT2D eigenvalue weighted by Crippen LogP contribution is -2.27. The van der Waals surface area contributed by atoms with E-state index in [0.29, 0.717) is 5.56 Å². The Balaban J connectivity index is 1.60. The second-order valence-corrected chi connectivity index (χ2v) is 11.3. The molecule has 0 bridgehead atoms. The summed E-state index contributed by atoms with van der Waals surface area (Å²) in [5, 5.41) is 1.82. The first kappa shape index (κ1) is 25.7. The highest BCUT2D eigenvalue weighted by atomic mass is 32.2. The van der Waals surface area contributed by atoms with Crippen molar-refractivity contribution in [1.29, 1.82) is 0 Å². The van der Waals surface area contributed by atoms with E-state index >= 15 is 0 Å². The monoisotopic (exact) mass is 528 g/mol. The van der Waals surface area contributed by atoms with Gasteiger partial charge in [-0.25, -0.2) is 17.9 Å². The molecule has 0 spiro atoms. The number of hydrogen-bond acceptors (Lipinski definition) is 4. The molecular weight excluding hydrogens is 499 g/mol. The van der Waals surface area contributed by atoms with Crippen molar-refractivity contribution in [3.8, 4) is 0 Å². The standard InChI is InChI=1S/C31H29FN2O3S/c1-23-8-14-26(15-9-23)31-27(22-37-34(31)29-6-4-3-5-7-29)21-33(20-25-12-16-28(32)17-13-25)38(35,36)30-18-10-24(2)11-19-30/h3-19,21,31H,20,22H2,1-2H3/b27-21+. The first-order valence-electron chi connectivity index (χ1n) is 12.4. The molecule has 1 heterocycles. The fraction of sp³-hybridized carbons (Fsp3) is 0.161. The Hall–Kier alpha value is -3.94. The number of hydrogen-bond donors (Lipinski definition) is 0. The van der Waals surface area contributed by atoms with Crippen LogP contribution in [-0.2, 0) is 21.4 Å². The van der Waals surface area contributed by atoms with Crippen LogP contribution in [0, 0.1) is 19.7 Å². The van der Waals surface area contributed by atoms with E-state index in [4.69, 9.17) is 4.84 Å². The Morgan fingerprint density at radius 2 is 1.47 bits per heavy atom. The Bertz CT molecular complexity index is 1520. The summed E-state index contributed by atoms with van der Waals surface area (Å²) in [6.45, 7) is 4.21. The van der Waals surface area contributed by atoms with Crippen LogP contribution in [0.2, 0.25) is 0 Å². The van der Waals surface area contributed by atoms with Gasteiger partial charge in [-0.15, -0.1) is 0 Å². The minimum absolute atomic E-state index is 0.0476. The van der Waals surface area contributed by atoms with Crippen molar-refractivity contribution in [3.05, 3.63) is 143 Å². The van der Waals surface area contributed by atoms with Gasteiger partial charge < -0.3 is 0 Å². The molecule has 1 unspecified atom stereocenters. The van der Waals surface area contributed by atoms with Crippen molar-refractivity contribution in [2.45, 2.75) is 31.3 Å². The van der Waals surface area contributed by atoms with Gasteiger partial charge in [-0.1, -0.05) is 77.9 Å². The normalized spacial score (nSPS) is 16.7. The van der Waals surface area contributed by atoms with Crippen LogP contribution in [0.15, 0.2) is 120 Å². The molecule has 5 nitrogen and oxygen atoms in total. The lowest BCUT2D eigenvalue weighted by atomic mass is 9.99. The van der Waals surface area contributed by atoms with Gasteiger partial charge in [0.1, 0.15) is 18.5 Å². The molecular formula is C31H29FN2O3S. The zero-order chi connectivity index (χ0) is 26.7. The van der Waals surface area contributed by atoms with E-state index in [-0.39, 0.29) is 29.9 Å². The molecule has 38 heavy (non-hydrogen) atoms. The molecule has 0 amide bonds. The number of aryl methyl sites for hydroxylation is 2. The fourth-order valence-corrected chi connectivity index (χ4v) is 5.80. The van der Waals surface area contributed by atoms with Crippen LogP contribution in [0.4, 0.5) is 10.1 Å². The SMILES string of the molecule is Cc1ccc(C2/C(=C/N(Cc3ccc(F)cc3)S(=O)(=O)c3ccc(C)cc3)CON2c2ccccc2)cc1. The van der Waals surface area contributed by atoms with Gasteiger partial charge in [0.05, 0.1) is 17.1 Å². The van der Waals surface area contributed by atoms with E-state index in [0.717, 1.165) is 28.0 Å². The minimum Gasteiger partial charge on any atom is -0.269 e. The van der Waals surface area contributed by atoms with Crippen molar-refractivity contribution in [2.24, 2.45) is 0 Å². The number of anilines is 1. The number of nitrogens with zero attached hydrogens (tertiary/aromatic N) is 2. The molecule has 1 aliphatic heterocycles. The average molecular weight is 529 g/mol. The predicted octanol–water partition coefficient (Wildman–Crippen LogP) is 6.71. The van der Waals surface area contributed by atoms with Crippen molar-refractivity contribution < 1.29 is 17.6 Å². The fourth-order valence-electron chi connectivity index (χ4n) is 4.45. The first-order chi connectivity index (χ1) is 18.3. The first-order valence-corrected chi connectivity index (χ1v) is 13.8. The maximum atomic E-state index is 13.9. The molecule has 1 saturated heterocycles. The molecule has 7 heteroatoms. The van der Waals surface area contributed by atoms with Gasteiger partial charge in [0.15, 0.2) is 0 Å². The molecule has 1 fully saturated rings. The highest BCUT2D eigenvalue weighted by Gasteiger charge is 2.34. The van der Waals surface area contributed by atoms with E-state index in [1.54, 1.807) is 42.6 Å². The molecule has 1 atom stereocenters. The maximum absolute atomic E-state index is 13.9. The third kappa shape index (κ3) is 5.49. The minimum atomic E-state index is -3.92. The highest BCUT2D eigenvalue weighted by molar-refractivity contribution is 7.89. The molecule has 0 N–H and O–H groups in total. The molecule has 0 saturated carbocycles. The van der Waals surface area contributed by atoms with E-state index in [1.165, 1.54) is 16.4 Å². The van der Waals surface area contributed by atoms with Gasteiger partial charge in [-0.2, -0.15) is 0 Å². The van der Waals surface area contributed by atoms with Gasteiger partial charge >= 0.3 is 0 Å². The molecule has 0 radical (unpaired) electrons. The second-order valence-electron chi connectivity index (χ2n) is 9.44. The summed E-state index contributed by atoms with van der Waals surface area (Å²) >= 11 is 0. The van der Waals surface area contributed by atoms with Crippen LogP contribution in [0.5, 0.6) is 0 Å². The number of para-hydroxylation sites is 1. The van der Waals surface area contributed by atoms with Gasteiger partial charge in [-0.05, 0) is 61.4 Å². The zero-order valence-electron chi connectivity index (χ0n) is 21.3. The van der Waals surface area contributed by atoms with E-state index < -0.39 is 10.0 Å². The number of hydroxylamine groups is 1. The number of sulfonamides is 1. The van der Waals surface area contributed by atoms with Gasteiger partial charge in [-0.3, -0.25) is 9.14 Å². The summed E-state index contributed by atoms with van der Waals surface area (Å²) < 4.78 is 42.7. The molecule has 1 aliphatic rings. The molecule has 4 aromatic rings. The molecule has 194 valence electrons. The van der Waals surface area contributed by atoms with Crippen molar-refractivity contribution in [3.63, 3.8) is 0 Å². The topological polar surface area (TPSA) is 49.9 Å². The second kappa shape index (κ2) is 10.8.